The topological polar surface area (TPSA) is 86.1 Å². The first-order valence-electron chi connectivity index (χ1n) is 11.3. The van der Waals surface area contributed by atoms with Crippen molar-refractivity contribution in [3.8, 4) is 11.1 Å². The molecule has 178 valence electrons. The van der Waals surface area contributed by atoms with Crippen molar-refractivity contribution in [1.29, 1.82) is 0 Å². The van der Waals surface area contributed by atoms with Crippen molar-refractivity contribution in [3.05, 3.63) is 59.8 Å². The van der Waals surface area contributed by atoms with Crippen LogP contribution in [0.25, 0.3) is 11.1 Å². The summed E-state index contributed by atoms with van der Waals surface area (Å²) >= 11 is 2.65. The quantitative estimate of drug-likeness (QED) is 0.230. The van der Waals surface area contributed by atoms with Crippen LogP contribution < -0.4 is 5.32 Å². The highest BCUT2D eigenvalue weighted by atomic mass is 32.2. The molecule has 1 N–H and O–H groups in total. The number of amides is 1. The summed E-state index contributed by atoms with van der Waals surface area (Å²) in [7, 11) is 1.34. The third-order valence-electron chi connectivity index (χ3n) is 5.88. The Labute approximate surface area is 207 Å². The normalized spacial score (nSPS) is 14.0. The van der Waals surface area contributed by atoms with E-state index in [0.717, 1.165) is 29.8 Å². The number of carbonyl (C=O) groups is 2. The summed E-state index contributed by atoms with van der Waals surface area (Å²) in [6.07, 6.45) is 7.78. The van der Waals surface area contributed by atoms with Crippen LogP contribution in [0.1, 0.15) is 54.2 Å². The lowest BCUT2D eigenvalue weighted by Gasteiger charge is -2.21. The van der Waals surface area contributed by atoms with E-state index in [-0.39, 0.29) is 11.7 Å². The fraction of sp³-hybridized carbons (Fsp3) is 0.360. The summed E-state index contributed by atoms with van der Waals surface area (Å²) in [6, 6.07) is 9.57. The van der Waals surface area contributed by atoms with Crippen LogP contribution in [0.5, 0.6) is 0 Å². The second kappa shape index (κ2) is 11.5. The van der Waals surface area contributed by atoms with E-state index < -0.39 is 5.97 Å². The highest BCUT2D eigenvalue weighted by Gasteiger charge is 2.25. The van der Waals surface area contributed by atoms with Crippen LogP contribution in [0.4, 0.5) is 5.00 Å². The first-order valence-corrected chi connectivity index (χ1v) is 13.2. The van der Waals surface area contributed by atoms with Gasteiger partial charge in [0.25, 0.3) is 0 Å². The van der Waals surface area contributed by atoms with Crippen molar-refractivity contribution in [2.75, 3.05) is 18.2 Å². The molecular weight excluding hydrogens is 468 g/mol. The predicted molar refractivity (Wildman–Crippen MR) is 136 cm³/mol. The molecular formula is C25H28N4O3S2. The largest absolute Gasteiger partial charge is 0.465 e. The van der Waals surface area contributed by atoms with E-state index in [1.807, 2.05) is 41.8 Å². The molecule has 1 aliphatic carbocycles. The first-order chi connectivity index (χ1) is 16.6. The highest BCUT2D eigenvalue weighted by molar-refractivity contribution is 7.99. The molecule has 1 amide bonds. The van der Waals surface area contributed by atoms with Crippen molar-refractivity contribution >= 4 is 40.0 Å². The van der Waals surface area contributed by atoms with Gasteiger partial charge in [0.1, 0.15) is 16.4 Å². The summed E-state index contributed by atoms with van der Waals surface area (Å²) in [5.41, 5.74) is 2.00. The van der Waals surface area contributed by atoms with E-state index in [2.05, 4.69) is 26.7 Å². The molecule has 7 nitrogen and oxygen atoms in total. The summed E-state index contributed by atoms with van der Waals surface area (Å²) in [6.45, 7) is 4.48. The Kier molecular flexibility index (Phi) is 8.18. The molecule has 0 saturated heterocycles. The molecule has 0 atom stereocenters. The van der Waals surface area contributed by atoms with Gasteiger partial charge in [-0.1, -0.05) is 67.4 Å². The lowest BCUT2D eigenvalue weighted by molar-refractivity contribution is -0.113. The number of nitrogens with zero attached hydrogens (tertiary/aromatic N) is 3. The Morgan fingerprint density at radius 3 is 2.71 bits per heavy atom. The minimum absolute atomic E-state index is 0.152. The molecule has 1 saturated carbocycles. The van der Waals surface area contributed by atoms with Crippen LogP contribution in [0.2, 0.25) is 0 Å². The summed E-state index contributed by atoms with van der Waals surface area (Å²) in [5.74, 6) is 0.852. The number of anilines is 1. The van der Waals surface area contributed by atoms with Crippen LogP contribution in [-0.2, 0) is 16.1 Å². The van der Waals surface area contributed by atoms with Crippen LogP contribution >= 0.6 is 23.1 Å². The van der Waals surface area contributed by atoms with Crippen molar-refractivity contribution in [3.63, 3.8) is 0 Å². The van der Waals surface area contributed by atoms with E-state index in [4.69, 9.17) is 4.74 Å². The van der Waals surface area contributed by atoms with Gasteiger partial charge in [0.2, 0.25) is 5.91 Å². The highest BCUT2D eigenvalue weighted by Crippen LogP contribution is 2.37. The first kappa shape index (κ1) is 24.2. The van der Waals surface area contributed by atoms with Gasteiger partial charge in [-0.05, 0) is 18.4 Å². The van der Waals surface area contributed by atoms with Crippen molar-refractivity contribution < 1.29 is 14.3 Å². The smallest absolute Gasteiger partial charge is 0.341 e. The van der Waals surface area contributed by atoms with Crippen molar-refractivity contribution in [2.45, 2.75) is 49.7 Å². The molecule has 0 spiro atoms. The van der Waals surface area contributed by atoms with E-state index in [1.54, 1.807) is 0 Å². The zero-order valence-corrected chi connectivity index (χ0v) is 20.8. The lowest BCUT2D eigenvalue weighted by atomic mass is 9.89. The number of nitrogens with one attached hydrogen (secondary N) is 1. The standard InChI is InChI=1S/C25H28N4O3S2/c1-3-14-29-22(18-12-8-5-9-13-18)27-28-25(29)34-16-20(30)26-23-21(24(31)32-2)19(15-33-23)17-10-6-4-7-11-17/h3-4,6-7,10-11,15,18H,1,5,8-9,12-14,16H2,2H3,(H,26,30). The molecule has 9 heteroatoms. The second-order valence-corrected chi connectivity index (χ2v) is 9.95. The molecule has 1 aromatic carbocycles. The number of hydrogen-bond donors (Lipinski definition) is 1. The molecule has 2 heterocycles. The minimum Gasteiger partial charge on any atom is -0.465 e. The fourth-order valence-electron chi connectivity index (χ4n) is 4.25. The lowest BCUT2D eigenvalue weighted by Crippen LogP contribution is -2.17. The maximum atomic E-state index is 12.8. The monoisotopic (exact) mass is 496 g/mol. The van der Waals surface area contributed by atoms with Crippen molar-refractivity contribution in [1.82, 2.24) is 14.8 Å². The number of thioether (sulfide) groups is 1. The second-order valence-electron chi connectivity index (χ2n) is 8.12. The molecule has 0 unspecified atom stereocenters. The Balaban J connectivity index is 1.48. The molecule has 3 aromatic rings. The van der Waals surface area contributed by atoms with Gasteiger partial charge in [0.15, 0.2) is 5.16 Å². The molecule has 1 fully saturated rings. The average Bonchev–Trinajstić information content (AvgIpc) is 3.48. The van der Waals surface area contributed by atoms with Gasteiger partial charge >= 0.3 is 5.97 Å². The molecule has 0 radical (unpaired) electrons. The number of carbonyl (C=O) groups excluding carboxylic acids is 2. The number of aromatic nitrogens is 3. The molecule has 34 heavy (non-hydrogen) atoms. The number of ether oxygens (including phenoxy) is 1. The zero-order valence-electron chi connectivity index (χ0n) is 19.2. The molecule has 0 aliphatic heterocycles. The van der Waals surface area contributed by atoms with Gasteiger partial charge in [-0.15, -0.1) is 28.1 Å². The maximum absolute atomic E-state index is 12.8. The van der Waals surface area contributed by atoms with Gasteiger partial charge in [-0.2, -0.15) is 0 Å². The SMILES string of the molecule is C=CCn1c(SCC(=O)Nc2scc(-c3ccccc3)c2C(=O)OC)nnc1C1CCCCC1. The van der Waals surface area contributed by atoms with Gasteiger partial charge < -0.3 is 14.6 Å². The van der Waals surface area contributed by atoms with Gasteiger partial charge in [0, 0.05) is 23.4 Å². The molecule has 2 aromatic heterocycles. The number of allylic oxidation sites excluding steroid dienone is 1. The Bertz CT molecular complexity index is 1150. The van der Waals surface area contributed by atoms with Gasteiger partial charge in [-0.3, -0.25) is 4.79 Å². The summed E-state index contributed by atoms with van der Waals surface area (Å²) in [4.78, 5) is 25.3. The van der Waals surface area contributed by atoms with E-state index in [0.29, 0.717) is 28.2 Å². The number of rotatable bonds is 9. The fourth-order valence-corrected chi connectivity index (χ4v) is 5.98. The minimum atomic E-state index is -0.481. The number of methoxy groups -OCH3 is 1. The van der Waals surface area contributed by atoms with E-state index >= 15 is 0 Å². The predicted octanol–water partition coefficient (Wildman–Crippen LogP) is 5.76. The number of thiophene rings is 1. The van der Waals surface area contributed by atoms with Crippen LogP contribution in [-0.4, -0.2) is 39.5 Å². The number of esters is 1. The molecule has 4 rings (SSSR count). The van der Waals surface area contributed by atoms with E-state index in [9.17, 15) is 9.59 Å². The van der Waals surface area contributed by atoms with Crippen LogP contribution in [0.3, 0.4) is 0 Å². The summed E-state index contributed by atoms with van der Waals surface area (Å²) < 4.78 is 7.06. The number of hydrogen-bond acceptors (Lipinski definition) is 7. The maximum Gasteiger partial charge on any atom is 0.341 e. The number of benzene rings is 1. The third-order valence-corrected chi connectivity index (χ3v) is 7.74. The third kappa shape index (κ3) is 5.42. The Hall–Kier alpha value is -2.91. The Morgan fingerprint density at radius 1 is 1.24 bits per heavy atom. The van der Waals surface area contributed by atoms with Crippen LogP contribution in [0, 0.1) is 0 Å². The van der Waals surface area contributed by atoms with Gasteiger partial charge in [-0.25, -0.2) is 4.79 Å². The molecule has 1 aliphatic rings. The van der Waals surface area contributed by atoms with Gasteiger partial charge in [0.05, 0.1) is 12.9 Å². The summed E-state index contributed by atoms with van der Waals surface area (Å²) in [5, 5.41) is 14.8. The van der Waals surface area contributed by atoms with E-state index in [1.165, 1.54) is 49.5 Å². The Morgan fingerprint density at radius 2 is 2.00 bits per heavy atom. The average molecular weight is 497 g/mol. The van der Waals surface area contributed by atoms with Crippen LogP contribution in [0.15, 0.2) is 53.5 Å². The van der Waals surface area contributed by atoms with Crippen molar-refractivity contribution in [2.24, 2.45) is 0 Å². The zero-order chi connectivity index (χ0) is 23.9. The molecule has 0 bridgehead atoms.